The lowest BCUT2D eigenvalue weighted by atomic mass is 10.2. The molecule has 2 heterocycles. The van der Waals surface area contributed by atoms with Crippen LogP contribution in [-0.4, -0.2) is 15.9 Å². The zero-order valence-electron chi connectivity index (χ0n) is 8.72. The molecule has 6 heteroatoms. The molecular formula is C11H9ClN4O. The molecular weight excluding hydrogens is 240 g/mol. The van der Waals surface area contributed by atoms with E-state index in [1.54, 1.807) is 24.4 Å². The van der Waals surface area contributed by atoms with Crippen molar-refractivity contribution in [1.82, 2.24) is 9.97 Å². The Morgan fingerprint density at radius 2 is 2.12 bits per heavy atom. The summed E-state index contributed by atoms with van der Waals surface area (Å²) in [5.74, 6) is -0.618. The molecule has 0 aliphatic rings. The van der Waals surface area contributed by atoms with Gasteiger partial charge in [-0.1, -0.05) is 17.7 Å². The van der Waals surface area contributed by atoms with Crippen LogP contribution in [0.5, 0.6) is 0 Å². The van der Waals surface area contributed by atoms with Gasteiger partial charge in [0.1, 0.15) is 11.5 Å². The van der Waals surface area contributed by atoms with Crippen molar-refractivity contribution in [3.8, 4) is 11.4 Å². The number of carbonyl (C=O) groups excluding carboxylic acids is 1. The summed E-state index contributed by atoms with van der Waals surface area (Å²) in [6, 6.07) is 6.73. The second-order valence-electron chi connectivity index (χ2n) is 3.33. The zero-order chi connectivity index (χ0) is 12.4. The van der Waals surface area contributed by atoms with Gasteiger partial charge >= 0.3 is 0 Å². The fourth-order valence-electron chi connectivity index (χ4n) is 1.38. The van der Waals surface area contributed by atoms with Crippen LogP contribution in [0.15, 0.2) is 30.5 Å². The summed E-state index contributed by atoms with van der Waals surface area (Å²) in [5.41, 5.74) is 11.9. The third kappa shape index (κ3) is 2.19. The van der Waals surface area contributed by atoms with Crippen LogP contribution in [0.25, 0.3) is 11.4 Å². The molecule has 2 aromatic heterocycles. The van der Waals surface area contributed by atoms with E-state index in [2.05, 4.69) is 9.97 Å². The third-order valence-electron chi connectivity index (χ3n) is 2.18. The van der Waals surface area contributed by atoms with Gasteiger partial charge in [-0.3, -0.25) is 9.78 Å². The standard InChI is InChI=1S/C11H9ClN4O/c12-7-5-6(11(14)17)10(13)16-9(7)8-3-1-2-4-15-8/h1-5H,(H2,13,16)(H2,14,17). The van der Waals surface area contributed by atoms with Crippen molar-refractivity contribution < 1.29 is 4.79 Å². The predicted molar refractivity (Wildman–Crippen MR) is 65.4 cm³/mol. The second kappa shape index (κ2) is 4.39. The minimum absolute atomic E-state index is 0.0440. The number of nitrogens with zero attached hydrogens (tertiary/aromatic N) is 2. The summed E-state index contributed by atoms with van der Waals surface area (Å²) < 4.78 is 0. The first-order valence-corrected chi connectivity index (χ1v) is 5.14. The fourth-order valence-corrected chi connectivity index (χ4v) is 1.63. The van der Waals surface area contributed by atoms with Crippen LogP contribution in [-0.2, 0) is 0 Å². The normalized spacial score (nSPS) is 10.2. The molecule has 0 fully saturated rings. The molecule has 2 aromatic rings. The lowest BCUT2D eigenvalue weighted by Crippen LogP contribution is -2.14. The van der Waals surface area contributed by atoms with E-state index in [-0.39, 0.29) is 16.4 Å². The number of rotatable bonds is 2. The molecule has 1 amide bonds. The van der Waals surface area contributed by atoms with Crippen LogP contribution in [0.2, 0.25) is 5.02 Å². The van der Waals surface area contributed by atoms with Crippen molar-refractivity contribution in [2.45, 2.75) is 0 Å². The predicted octanol–water partition coefficient (Wildman–Crippen LogP) is 1.48. The molecule has 0 unspecified atom stereocenters. The number of nitrogens with two attached hydrogens (primary N) is 2. The van der Waals surface area contributed by atoms with E-state index in [0.29, 0.717) is 11.4 Å². The first-order valence-electron chi connectivity index (χ1n) is 4.77. The molecule has 0 saturated carbocycles. The maximum absolute atomic E-state index is 11.0. The minimum Gasteiger partial charge on any atom is -0.383 e. The van der Waals surface area contributed by atoms with Crippen LogP contribution >= 0.6 is 11.6 Å². The molecule has 5 nitrogen and oxygen atoms in total. The van der Waals surface area contributed by atoms with E-state index in [1.165, 1.54) is 6.07 Å². The van der Waals surface area contributed by atoms with Crippen LogP contribution in [0, 0.1) is 0 Å². The number of hydrogen-bond donors (Lipinski definition) is 2. The number of nitrogen functional groups attached to an aromatic ring is 1. The van der Waals surface area contributed by atoms with E-state index >= 15 is 0 Å². The molecule has 2 rings (SSSR count). The van der Waals surface area contributed by atoms with E-state index in [0.717, 1.165) is 0 Å². The van der Waals surface area contributed by atoms with Gasteiger partial charge in [-0.25, -0.2) is 4.98 Å². The molecule has 17 heavy (non-hydrogen) atoms. The molecule has 0 bridgehead atoms. The lowest BCUT2D eigenvalue weighted by molar-refractivity contribution is 0.100. The highest BCUT2D eigenvalue weighted by atomic mass is 35.5. The number of carbonyl (C=O) groups is 1. The van der Waals surface area contributed by atoms with E-state index < -0.39 is 5.91 Å². The molecule has 0 aliphatic carbocycles. The largest absolute Gasteiger partial charge is 0.383 e. The van der Waals surface area contributed by atoms with E-state index in [1.807, 2.05) is 0 Å². The van der Waals surface area contributed by atoms with Gasteiger partial charge in [-0.2, -0.15) is 0 Å². The fraction of sp³-hybridized carbons (Fsp3) is 0. The highest BCUT2D eigenvalue weighted by Crippen LogP contribution is 2.27. The van der Waals surface area contributed by atoms with Crippen molar-refractivity contribution >= 4 is 23.3 Å². The maximum atomic E-state index is 11.0. The van der Waals surface area contributed by atoms with Gasteiger partial charge in [-0.05, 0) is 18.2 Å². The highest BCUT2D eigenvalue weighted by molar-refractivity contribution is 6.33. The summed E-state index contributed by atoms with van der Waals surface area (Å²) in [7, 11) is 0. The Kier molecular flexibility index (Phi) is 2.93. The molecule has 0 saturated heterocycles. The highest BCUT2D eigenvalue weighted by Gasteiger charge is 2.14. The van der Waals surface area contributed by atoms with Crippen LogP contribution in [0.4, 0.5) is 5.82 Å². The van der Waals surface area contributed by atoms with Gasteiger partial charge in [0, 0.05) is 6.20 Å². The Labute approximate surface area is 102 Å². The number of hydrogen-bond acceptors (Lipinski definition) is 4. The molecule has 0 radical (unpaired) electrons. The van der Waals surface area contributed by atoms with Gasteiger partial charge in [-0.15, -0.1) is 0 Å². The maximum Gasteiger partial charge on any atom is 0.252 e. The van der Waals surface area contributed by atoms with Gasteiger partial charge in [0.05, 0.1) is 16.3 Å². The number of halogens is 1. The average Bonchev–Trinajstić information content (AvgIpc) is 2.32. The number of primary amides is 1. The Bertz CT molecular complexity index is 571. The first kappa shape index (κ1) is 11.3. The van der Waals surface area contributed by atoms with Gasteiger partial charge in [0.15, 0.2) is 0 Å². The summed E-state index contributed by atoms with van der Waals surface area (Å²) in [6.07, 6.45) is 1.62. The lowest BCUT2D eigenvalue weighted by Gasteiger charge is -2.06. The van der Waals surface area contributed by atoms with Gasteiger partial charge < -0.3 is 11.5 Å². The van der Waals surface area contributed by atoms with Crippen LogP contribution in [0.1, 0.15) is 10.4 Å². The summed E-state index contributed by atoms with van der Waals surface area (Å²) >= 11 is 6.01. The Morgan fingerprint density at radius 1 is 1.35 bits per heavy atom. The number of pyridine rings is 2. The summed E-state index contributed by atoms with van der Waals surface area (Å²) in [5, 5.41) is 0.284. The van der Waals surface area contributed by atoms with Crippen LogP contribution in [0.3, 0.4) is 0 Å². The molecule has 0 spiro atoms. The zero-order valence-corrected chi connectivity index (χ0v) is 9.48. The monoisotopic (exact) mass is 248 g/mol. The van der Waals surface area contributed by atoms with Crippen molar-refractivity contribution in [2.24, 2.45) is 5.73 Å². The average molecular weight is 249 g/mol. The second-order valence-corrected chi connectivity index (χ2v) is 3.74. The molecule has 0 aliphatic heterocycles. The number of anilines is 1. The van der Waals surface area contributed by atoms with E-state index in [4.69, 9.17) is 23.1 Å². The van der Waals surface area contributed by atoms with Crippen molar-refractivity contribution in [1.29, 1.82) is 0 Å². The van der Waals surface area contributed by atoms with Crippen molar-refractivity contribution in [2.75, 3.05) is 5.73 Å². The quantitative estimate of drug-likeness (QED) is 0.841. The van der Waals surface area contributed by atoms with Crippen molar-refractivity contribution in [3.05, 3.63) is 41.0 Å². The van der Waals surface area contributed by atoms with Gasteiger partial charge in [0.25, 0.3) is 5.91 Å². The number of aromatic nitrogens is 2. The van der Waals surface area contributed by atoms with E-state index in [9.17, 15) is 4.79 Å². The Morgan fingerprint density at radius 3 is 2.71 bits per heavy atom. The minimum atomic E-state index is -0.663. The van der Waals surface area contributed by atoms with Gasteiger partial charge in [0.2, 0.25) is 0 Å². The van der Waals surface area contributed by atoms with Crippen LogP contribution < -0.4 is 11.5 Å². The topological polar surface area (TPSA) is 94.9 Å². The third-order valence-corrected chi connectivity index (χ3v) is 2.47. The first-order chi connectivity index (χ1) is 8.09. The smallest absolute Gasteiger partial charge is 0.252 e. The molecule has 0 aromatic carbocycles. The Balaban J connectivity index is 2.58. The summed E-state index contributed by atoms with van der Waals surface area (Å²) in [4.78, 5) is 19.2. The summed E-state index contributed by atoms with van der Waals surface area (Å²) in [6.45, 7) is 0. The SMILES string of the molecule is NC(=O)c1cc(Cl)c(-c2ccccn2)nc1N. The molecule has 0 atom stereocenters. The molecule has 86 valence electrons. The Hall–Kier alpha value is -2.14. The van der Waals surface area contributed by atoms with Crippen molar-refractivity contribution in [3.63, 3.8) is 0 Å². The molecule has 4 N–H and O–H groups in total. The number of amides is 1.